The van der Waals surface area contributed by atoms with Crippen molar-refractivity contribution in [2.75, 3.05) is 0 Å². The van der Waals surface area contributed by atoms with E-state index in [1.165, 1.54) is 48.6 Å². The van der Waals surface area contributed by atoms with Crippen LogP contribution < -0.4 is 0 Å². The van der Waals surface area contributed by atoms with E-state index in [0.717, 1.165) is 12.2 Å². The zero-order valence-electron chi connectivity index (χ0n) is 26.4. The molecule has 280 valence electrons. The topological polar surface area (TPSA) is 361 Å². The smallest absolute Gasteiger partial charge is 0.335 e. The van der Waals surface area contributed by atoms with Crippen molar-refractivity contribution in [3.05, 3.63) is 59.7 Å². The van der Waals surface area contributed by atoms with Gasteiger partial charge in [-0.1, -0.05) is 12.1 Å². The van der Waals surface area contributed by atoms with Crippen LogP contribution in [0.3, 0.4) is 0 Å². The molecule has 2 aliphatic rings. The van der Waals surface area contributed by atoms with Crippen molar-refractivity contribution in [2.45, 2.75) is 73.5 Å². The molecule has 2 aromatic rings. The third-order valence-electron chi connectivity index (χ3n) is 7.88. The van der Waals surface area contributed by atoms with Crippen molar-refractivity contribution >= 4 is 36.0 Å². The highest BCUT2D eigenvalue weighted by molar-refractivity contribution is 5.88. The second-order valence-corrected chi connectivity index (χ2v) is 11.7. The maximum Gasteiger partial charge on any atom is 0.335 e. The van der Waals surface area contributed by atoms with E-state index in [1.807, 2.05) is 0 Å². The third-order valence-corrected chi connectivity index (χ3v) is 7.88. The maximum atomic E-state index is 11.8. The Morgan fingerprint density at radius 1 is 0.588 bits per heavy atom. The predicted octanol–water partition coefficient (Wildman–Crippen LogP) is -2.12. The summed E-state index contributed by atoms with van der Waals surface area (Å²) in [5.74, 6) is -6.49. The van der Waals surface area contributed by atoms with Crippen LogP contribution in [0.25, 0.3) is 12.2 Å². The maximum absolute atomic E-state index is 11.8. The zero-order chi connectivity index (χ0) is 37.6. The van der Waals surface area contributed by atoms with E-state index in [-0.39, 0.29) is 28.5 Å². The lowest BCUT2D eigenvalue weighted by atomic mass is 9.79. The van der Waals surface area contributed by atoms with Crippen LogP contribution in [-0.4, -0.2) is 138 Å². The highest BCUT2D eigenvalue weighted by Gasteiger charge is 2.51. The second-order valence-electron chi connectivity index (χ2n) is 11.7. The van der Waals surface area contributed by atoms with Crippen LogP contribution in [0.2, 0.25) is 0 Å². The Morgan fingerprint density at radius 3 is 1.22 bits per heavy atom. The van der Waals surface area contributed by atoms with Gasteiger partial charge in [-0.2, -0.15) is 0 Å². The largest absolute Gasteiger partial charge is 0.504 e. The van der Waals surface area contributed by atoms with Crippen LogP contribution in [-0.2, 0) is 28.7 Å². The molecule has 8 atom stereocenters. The number of hydrogen-bond donors (Lipinski definition) is 12. The lowest BCUT2D eigenvalue weighted by Crippen LogP contribution is -2.57. The molecule has 0 saturated heterocycles. The number of carbonyl (C=O) groups is 4. The fraction of sp³-hybridized carbons (Fsp3) is 0.375. The van der Waals surface area contributed by atoms with Gasteiger partial charge in [-0.05, 0) is 47.5 Å². The summed E-state index contributed by atoms with van der Waals surface area (Å²) in [6.45, 7) is 0. The van der Waals surface area contributed by atoms with E-state index in [1.54, 1.807) is 0 Å². The molecule has 2 saturated carbocycles. The van der Waals surface area contributed by atoms with Gasteiger partial charge < -0.3 is 76.2 Å². The normalized spacial score (nSPS) is 28.9. The van der Waals surface area contributed by atoms with E-state index in [9.17, 15) is 70.2 Å². The highest BCUT2D eigenvalue weighted by Crippen LogP contribution is 2.33. The molecular formula is C32H38O19. The minimum absolute atomic E-state index is 0. The van der Waals surface area contributed by atoms with Gasteiger partial charge in [0.2, 0.25) is 0 Å². The summed E-state index contributed by atoms with van der Waals surface area (Å²) in [6.07, 6.45) is -6.88. The fourth-order valence-electron chi connectivity index (χ4n) is 5.07. The predicted molar refractivity (Wildman–Crippen MR) is 169 cm³/mol. The van der Waals surface area contributed by atoms with Crippen molar-refractivity contribution in [1.82, 2.24) is 0 Å². The molecule has 0 heterocycles. The molecule has 4 rings (SSSR count). The summed E-state index contributed by atoms with van der Waals surface area (Å²) < 4.78 is 9.85. The van der Waals surface area contributed by atoms with Crippen LogP contribution >= 0.6 is 0 Å². The molecule has 0 unspecified atom stereocenters. The Hall–Kier alpha value is -5.28. The Bertz CT molecular complexity index is 1520. The molecule has 19 nitrogen and oxygen atoms in total. The van der Waals surface area contributed by atoms with Gasteiger partial charge in [0, 0.05) is 37.8 Å². The van der Waals surface area contributed by atoms with Gasteiger partial charge in [-0.3, -0.25) is 0 Å². The van der Waals surface area contributed by atoms with E-state index < -0.39 is 97.4 Å². The van der Waals surface area contributed by atoms with E-state index in [4.69, 9.17) is 19.7 Å². The Kier molecular flexibility index (Phi) is 14.0. The molecule has 0 amide bonds. The number of aromatic hydroxyl groups is 4. The Balaban J connectivity index is 0.000000347. The first kappa shape index (κ1) is 41.9. The number of phenolic OH excluding ortho intramolecular Hbond substituents is 4. The molecule has 19 heteroatoms. The fourth-order valence-corrected chi connectivity index (χ4v) is 5.07. The molecule has 51 heavy (non-hydrogen) atoms. The van der Waals surface area contributed by atoms with Crippen LogP contribution in [0, 0.1) is 0 Å². The third kappa shape index (κ3) is 10.9. The van der Waals surface area contributed by atoms with Gasteiger partial charge in [0.25, 0.3) is 0 Å². The molecule has 2 aliphatic carbocycles. The molecule has 14 N–H and O–H groups in total. The van der Waals surface area contributed by atoms with Crippen LogP contribution in [0.1, 0.15) is 36.8 Å². The van der Waals surface area contributed by atoms with Crippen molar-refractivity contribution < 1.29 is 95.4 Å². The van der Waals surface area contributed by atoms with Crippen molar-refractivity contribution in [1.29, 1.82) is 0 Å². The summed E-state index contributed by atoms with van der Waals surface area (Å²) in [7, 11) is 0. The standard InChI is InChI=1S/2C16H18O9.H2O/c2*17-9-3-1-8(5-10(9)18)2-4-13(20)25-12-7-16(24,15(22)23)6-11(19)14(12)21;/h2*1-5,11-12,14,17-19,21,24H,6-7H2,(H,22,23);1H2/t2*11-,12-,14-,16+;/m11./s1. The minimum atomic E-state index is -2.31. The number of rotatable bonds is 8. The summed E-state index contributed by atoms with van der Waals surface area (Å²) in [5.41, 5.74) is -3.87. The molecule has 2 fully saturated rings. The van der Waals surface area contributed by atoms with E-state index in [0.29, 0.717) is 11.1 Å². The number of esters is 2. The SMILES string of the molecule is O.O=C(C=Cc1ccc(O)c(O)c1)O[C@@H]1C[C@](O)(C(=O)O)C[C@@H](O)[C@H]1O.O=C(C=Cc1ccc(O)c(O)c1)O[C@@H]1C[C@](O)(C(=O)O)C[C@@H](O)[C@H]1O. The first-order valence-electron chi connectivity index (χ1n) is 14.7. The lowest BCUT2D eigenvalue weighted by molar-refractivity contribution is -0.196. The number of carbonyl (C=O) groups excluding carboxylic acids is 2. The number of phenols is 4. The first-order chi connectivity index (χ1) is 23.2. The van der Waals surface area contributed by atoms with Gasteiger partial charge in [-0.15, -0.1) is 0 Å². The molecule has 0 aromatic heterocycles. The van der Waals surface area contributed by atoms with E-state index >= 15 is 0 Å². The average molecular weight is 727 g/mol. The van der Waals surface area contributed by atoms with Crippen molar-refractivity contribution in [3.8, 4) is 23.0 Å². The van der Waals surface area contributed by atoms with Gasteiger partial charge in [-0.25, -0.2) is 19.2 Å². The highest BCUT2D eigenvalue weighted by atomic mass is 16.6. The molecular weight excluding hydrogens is 688 g/mol. The summed E-state index contributed by atoms with van der Waals surface area (Å²) in [4.78, 5) is 45.8. The summed E-state index contributed by atoms with van der Waals surface area (Å²) in [5, 5.41) is 114. The van der Waals surface area contributed by atoms with Crippen LogP contribution in [0.15, 0.2) is 48.6 Å². The quantitative estimate of drug-likeness (QED) is 0.0786. The van der Waals surface area contributed by atoms with Gasteiger partial charge in [0.15, 0.2) is 34.2 Å². The number of carboxylic acids is 2. The number of benzene rings is 2. The molecule has 2 aromatic carbocycles. The lowest BCUT2D eigenvalue weighted by Gasteiger charge is -2.39. The Labute approximate surface area is 287 Å². The number of aliphatic hydroxyl groups excluding tert-OH is 4. The zero-order valence-corrected chi connectivity index (χ0v) is 26.4. The summed E-state index contributed by atoms with van der Waals surface area (Å²) in [6, 6.07) is 7.66. The van der Waals surface area contributed by atoms with E-state index in [2.05, 4.69) is 0 Å². The second kappa shape index (κ2) is 17.1. The Morgan fingerprint density at radius 2 is 0.922 bits per heavy atom. The number of hydrogen-bond acceptors (Lipinski definition) is 16. The first-order valence-corrected chi connectivity index (χ1v) is 14.7. The molecule has 0 spiro atoms. The number of aliphatic carboxylic acids is 2. The van der Waals surface area contributed by atoms with Gasteiger partial charge in [0.1, 0.15) is 24.4 Å². The molecule has 0 bridgehead atoms. The van der Waals surface area contributed by atoms with Crippen LogP contribution in [0.5, 0.6) is 23.0 Å². The van der Waals surface area contributed by atoms with Crippen LogP contribution in [0.4, 0.5) is 0 Å². The van der Waals surface area contributed by atoms with Gasteiger partial charge in [0.05, 0.1) is 12.2 Å². The molecule has 0 aliphatic heterocycles. The monoisotopic (exact) mass is 726 g/mol. The molecule has 0 radical (unpaired) electrons. The average Bonchev–Trinajstić information content (AvgIpc) is 3.03. The van der Waals surface area contributed by atoms with Crippen molar-refractivity contribution in [2.24, 2.45) is 0 Å². The van der Waals surface area contributed by atoms with Crippen molar-refractivity contribution in [3.63, 3.8) is 0 Å². The summed E-state index contributed by atoms with van der Waals surface area (Å²) >= 11 is 0. The number of aliphatic hydroxyl groups is 6. The number of carboxylic acid groups (broad SMARTS) is 2. The van der Waals surface area contributed by atoms with Gasteiger partial charge >= 0.3 is 23.9 Å². The minimum Gasteiger partial charge on any atom is -0.504 e. The number of ether oxygens (including phenoxy) is 2.